The van der Waals surface area contributed by atoms with Crippen molar-refractivity contribution in [2.24, 2.45) is 5.92 Å². The quantitative estimate of drug-likeness (QED) is 0.654. The van der Waals surface area contributed by atoms with Crippen LogP contribution in [0, 0.1) is 5.92 Å². The minimum absolute atomic E-state index is 0.177. The molecule has 0 bridgehead atoms. The first kappa shape index (κ1) is 10.8. The van der Waals surface area contributed by atoms with E-state index in [0.717, 1.165) is 25.9 Å². The Bertz CT molecular complexity index is 147. The van der Waals surface area contributed by atoms with Gasteiger partial charge in [-0.25, -0.2) is 0 Å². The molecule has 1 aliphatic rings. The lowest BCUT2D eigenvalue weighted by atomic mass is 9.99. The van der Waals surface area contributed by atoms with E-state index in [1.165, 1.54) is 0 Å². The summed E-state index contributed by atoms with van der Waals surface area (Å²) in [6.45, 7) is 3.99. The molecule has 0 aromatic heterocycles. The molecular weight excluding hydrogens is 179 g/mol. The van der Waals surface area contributed by atoms with Crippen LogP contribution in [-0.2, 0) is 0 Å². The minimum atomic E-state index is -4.00. The van der Waals surface area contributed by atoms with Crippen LogP contribution in [0.2, 0.25) is 0 Å². The predicted molar refractivity (Wildman–Crippen MR) is 45.5 cm³/mol. The van der Waals surface area contributed by atoms with Crippen LogP contribution in [0.1, 0.15) is 26.2 Å². The summed E-state index contributed by atoms with van der Waals surface area (Å²) in [7, 11) is 0. The van der Waals surface area contributed by atoms with Gasteiger partial charge in [-0.05, 0) is 31.8 Å². The van der Waals surface area contributed by atoms with E-state index < -0.39 is 12.6 Å². The third kappa shape index (κ3) is 4.50. The van der Waals surface area contributed by atoms with Crippen LogP contribution in [0.5, 0.6) is 0 Å². The maximum Gasteiger partial charge on any atom is 0.390 e. The molecule has 0 aliphatic carbocycles. The number of nitrogens with zero attached hydrogens (tertiary/aromatic N) is 1. The van der Waals surface area contributed by atoms with Gasteiger partial charge >= 0.3 is 6.18 Å². The van der Waals surface area contributed by atoms with Crippen molar-refractivity contribution < 1.29 is 13.2 Å². The summed E-state index contributed by atoms with van der Waals surface area (Å²) in [6.07, 6.45) is -2.58. The third-order valence-corrected chi connectivity index (χ3v) is 2.59. The molecule has 0 amide bonds. The monoisotopic (exact) mass is 195 g/mol. The van der Waals surface area contributed by atoms with E-state index in [-0.39, 0.29) is 6.54 Å². The molecule has 0 atom stereocenters. The molecule has 1 fully saturated rings. The number of halogens is 3. The van der Waals surface area contributed by atoms with Crippen molar-refractivity contribution in [2.75, 3.05) is 19.6 Å². The first-order valence-electron chi connectivity index (χ1n) is 4.76. The zero-order valence-electron chi connectivity index (χ0n) is 7.90. The average Bonchev–Trinajstić information content (AvgIpc) is 2.02. The lowest BCUT2D eigenvalue weighted by Crippen LogP contribution is -2.35. The molecular formula is C9H16F3N. The smallest absolute Gasteiger partial charge is 0.303 e. The van der Waals surface area contributed by atoms with E-state index in [4.69, 9.17) is 0 Å². The Morgan fingerprint density at radius 3 is 2.23 bits per heavy atom. The highest BCUT2D eigenvalue weighted by atomic mass is 19.4. The molecule has 0 unspecified atom stereocenters. The van der Waals surface area contributed by atoms with E-state index in [1.807, 2.05) is 4.90 Å². The Hall–Kier alpha value is -0.250. The van der Waals surface area contributed by atoms with Crippen LogP contribution >= 0.6 is 0 Å². The molecule has 1 saturated heterocycles. The second-order valence-corrected chi connectivity index (χ2v) is 3.89. The second kappa shape index (κ2) is 4.31. The van der Waals surface area contributed by atoms with Gasteiger partial charge < -0.3 is 4.90 Å². The molecule has 0 aromatic rings. The van der Waals surface area contributed by atoms with Gasteiger partial charge in [0.2, 0.25) is 0 Å². The zero-order valence-corrected chi connectivity index (χ0v) is 7.90. The number of alkyl halides is 3. The Labute approximate surface area is 76.9 Å². The molecule has 1 heterocycles. The predicted octanol–water partition coefficient (Wildman–Crippen LogP) is 2.67. The Morgan fingerprint density at radius 2 is 1.77 bits per heavy atom. The summed E-state index contributed by atoms with van der Waals surface area (Å²) in [6, 6.07) is 0. The highest BCUT2D eigenvalue weighted by molar-refractivity contribution is 4.70. The van der Waals surface area contributed by atoms with Gasteiger partial charge in [0.15, 0.2) is 0 Å². The maximum atomic E-state index is 11.9. The SMILES string of the molecule is CC1CCN(CCC(F)(F)F)CC1. The molecule has 4 heteroatoms. The number of likely N-dealkylation sites (tertiary alicyclic amines) is 1. The van der Waals surface area contributed by atoms with Crippen molar-refractivity contribution >= 4 is 0 Å². The van der Waals surface area contributed by atoms with E-state index in [2.05, 4.69) is 6.92 Å². The zero-order chi connectivity index (χ0) is 9.90. The van der Waals surface area contributed by atoms with Gasteiger partial charge in [-0.3, -0.25) is 0 Å². The topological polar surface area (TPSA) is 3.24 Å². The third-order valence-electron chi connectivity index (χ3n) is 2.59. The van der Waals surface area contributed by atoms with Crippen LogP contribution in [-0.4, -0.2) is 30.7 Å². The van der Waals surface area contributed by atoms with Crippen molar-refractivity contribution in [3.05, 3.63) is 0 Å². The summed E-state index contributed by atoms with van der Waals surface area (Å²) in [4.78, 5) is 1.91. The number of hydrogen-bond donors (Lipinski definition) is 0. The van der Waals surface area contributed by atoms with Crippen molar-refractivity contribution in [1.82, 2.24) is 4.90 Å². The summed E-state index contributed by atoms with van der Waals surface area (Å²) in [5.74, 6) is 0.683. The van der Waals surface area contributed by atoms with Gasteiger partial charge in [0, 0.05) is 6.54 Å². The Kier molecular flexibility index (Phi) is 3.59. The average molecular weight is 195 g/mol. The van der Waals surface area contributed by atoms with E-state index >= 15 is 0 Å². The van der Waals surface area contributed by atoms with Crippen LogP contribution in [0.25, 0.3) is 0 Å². The molecule has 1 nitrogen and oxygen atoms in total. The van der Waals surface area contributed by atoms with Gasteiger partial charge in [-0.15, -0.1) is 0 Å². The molecule has 0 radical (unpaired) electrons. The van der Waals surface area contributed by atoms with Crippen LogP contribution in [0.3, 0.4) is 0 Å². The highest BCUT2D eigenvalue weighted by Gasteiger charge is 2.28. The summed E-state index contributed by atoms with van der Waals surface area (Å²) < 4.78 is 35.6. The molecule has 13 heavy (non-hydrogen) atoms. The molecule has 0 N–H and O–H groups in total. The Morgan fingerprint density at radius 1 is 1.23 bits per heavy atom. The fourth-order valence-electron chi connectivity index (χ4n) is 1.57. The first-order valence-corrected chi connectivity index (χ1v) is 4.76. The van der Waals surface area contributed by atoms with E-state index in [9.17, 15) is 13.2 Å². The number of hydrogen-bond acceptors (Lipinski definition) is 1. The van der Waals surface area contributed by atoms with Gasteiger partial charge in [0.1, 0.15) is 0 Å². The van der Waals surface area contributed by atoms with Crippen LogP contribution in [0.15, 0.2) is 0 Å². The van der Waals surface area contributed by atoms with Crippen molar-refractivity contribution in [3.8, 4) is 0 Å². The summed E-state index contributed by atoms with van der Waals surface area (Å²) >= 11 is 0. The Balaban J connectivity index is 2.16. The maximum absolute atomic E-state index is 11.9. The molecule has 0 saturated carbocycles. The first-order chi connectivity index (χ1) is 5.97. The molecule has 0 spiro atoms. The fraction of sp³-hybridized carbons (Fsp3) is 1.00. The van der Waals surface area contributed by atoms with Gasteiger partial charge in [-0.1, -0.05) is 6.92 Å². The molecule has 0 aromatic carbocycles. The lowest BCUT2D eigenvalue weighted by molar-refractivity contribution is -0.138. The molecule has 78 valence electrons. The van der Waals surface area contributed by atoms with Gasteiger partial charge in [0.05, 0.1) is 6.42 Å². The summed E-state index contributed by atoms with van der Waals surface area (Å²) in [5.41, 5.74) is 0. The molecule has 1 rings (SSSR count). The van der Waals surface area contributed by atoms with E-state index in [0.29, 0.717) is 5.92 Å². The van der Waals surface area contributed by atoms with Gasteiger partial charge in [-0.2, -0.15) is 13.2 Å². The highest BCUT2D eigenvalue weighted by Crippen LogP contribution is 2.22. The van der Waals surface area contributed by atoms with Crippen LogP contribution in [0.4, 0.5) is 13.2 Å². The van der Waals surface area contributed by atoms with Crippen molar-refractivity contribution in [2.45, 2.75) is 32.4 Å². The normalized spacial score (nSPS) is 22.2. The largest absolute Gasteiger partial charge is 0.390 e. The van der Waals surface area contributed by atoms with Gasteiger partial charge in [0.25, 0.3) is 0 Å². The van der Waals surface area contributed by atoms with Crippen LogP contribution < -0.4 is 0 Å². The lowest BCUT2D eigenvalue weighted by Gasteiger charge is -2.30. The van der Waals surface area contributed by atoms with Crippen molar-refractivity contribution in [1.29, 1.82) is 0 Å². The van der Waals surface area contributed by atoms with E-state index in [1.54, 1.807) is 0 Å². The standard InChI is InChI=1S/C9H16F3N/c1-8-2-5-13(6-3-8)7-4-9(10,11)12/h8H,2-7H2,1H3. The molecule has 1 aliphatic heterocycles. The fourth-order valence-corrected chi connectivity index (χ4v) is 1.57. The minimum Gasteiger partial charge on any atom is -0.303 e. The summed E-state index contributed by atoms with van der Waals surface area (Å²) in [5, 5.41) is 0. The second-order valence-electron chi connectivity index (χ2n) is 3.89. The van der Waals surface area contributed by atoms with Crippen molar-refractivity contribution in [3.63, 3.8) is 0 Å². The number of piperidine rings is 1. The number of rotatable bonds is 2.